The highest BCUT2D eigenvalue weighted by Crippen LogP contribution is 2.27. The van der Waals surface area contributed by atoms with E-state index in [1.807, 2.05) is 18.2 Å². The molecule has 0 bridgehead atoms. The third-order valence-corrected chi connectivity index (χ3v) is 3.23. The van der Waals surface area contributed by atoms with Crippen LogP contribution < -0.4 is 5.73 Å². The largest absolute Gasteiger partial charge is 0.377 e. The summed E-state index contributed by atoms with van der Waals surface area (Å²) in [5.41, 5.74) is 7.29. The van der Waals surface area contributed by atoms with E-state index in [0.717, 1.165) is 19.6 Å². The van der Waals surface area contributed by atoms with E-state index in [9.17, 15) is 0 Å². The monoisotopic (exact) mass is 235 g/mol. The third-order valence-electron chi connectivity index (χ3n) is 3.23. The summed E-state index contributed by atoms with van der Waals surface area (Å²) in [5, 5.41) is 0. The van der Waals surface area contributed by atoms with E-state index in [-0.39, 0.29) is 5.41 Å². The van der Waals surface area contributed by atoms with E-state index >= 15 is 0 Å². The van der Waals surface area contributed by atoms with Crippen LogP contribution in [0.1, 0.15) is 32.8 Å². The van der Waals surface area contributed by atoms with Crippen LogP contribution in [-0.4, -0.2) is 13.2 Å². The van der Waals surface area contributed by atoms with E-state index in [1.165, 1.54) is 5.56 Å². The zero-order chi connectivity index (χ0) is 12.7. The van der Waals surface area contributed by atoms with Gasteiger partial charge in [-0.3, -0.25) is 0 Å². The van der Waals surface area contributed by atoms with Gasteiger partial charge in [0.1, 0.15) is 0 Å². The van der Waals surface area contributed by atoms with E-state index in [2.05, 4.69) is 32.9 Å². The highest BCUT2D eigenvalue weighted by molar-refractivity contribution is 5.13. The molecule has 0 aromatic heterocycles. The average Bonchev–Trinajstić information content (AvgIpc) is 2.28. The fourth-order valence-electron chi connectivity index (χ4n) is 1.89. The van der Waals surface area contributed by atoms with Gasteiger partial charge in [0, 0.05) is 6.61 Å². The molecule has 1 rings (SSSR count). The van der Waals surface area contributed by atoms with Crippen LogP contribution in [-0.2, 0) is 11.3 Å². The third kappa shape index (κ3) is 5.33. The minimum Gasteiger partial charge on any atom is -0.377 e. The molecule has 0 heterocycles. The van der Waals surface area contributed by atoms with Gasteiger partial charge < -0.3 is 10.5 Å². The van der Waals surface area contributed by atoms with E-state index in [1.54, 1.807) is 0 Å². The highest BCUT2D eigenvalue weighted by atomic mass is 16.5. The lowest BCUT2D eigenvalue weighted by Crippen LogP contribution is -2.29. The van der Waals surface area contributed by atoms with Crippen molar-refractivity contribution in [2.75, 3.05) is 13.2 Å². The molecular formula is C15H25NO. The molecule has 0 fully saturated rings. The summed E-state index contributed by atoms with van der Waals surface area (Å²) in [5.74, 6) is 0.526. The van der Waals surface area contributed by atoms with Gasteiger partial charge in [-0.15, -0.1) is 0 Å². The Morgan fingerprint density at radius 3 is 2.35 bits per heavy atom. The molecule has 0 aliphatic carbocycles. The van der Waals surface area contributed by atoms with Crippen molar-refractivity contribution in [3.63, 3.8) is 0 Å². The van der Waals surface area contributed by atoms with Gasteiger partial charge in [0.25, 0.3) is 0 Å². The second kappa shape index (κ2) is 6.77. The first-order valence-corrected chi connectivity index (χ1v) is 6.36. The van der Waals surface area contributed by atoms with Crippen LogP contribution in [0.3, 0.4) is 0 Å². The molecule has 0 spiro atoms. The molecule has 0 saturated carbocycles. The van der Waals surface area contributed by atoms with Crippen molar-refractivity contribution in [2.24, 2.45) is 17.1 Å². The molecule has 96 valence electrons. The molecule has 17 heavy (non-hydrogen) atoms. The van der Waals surface area contributed by atoms with Crippen LogP contribution in [0.15, 0.2) is 30.3 Å². The standard InChI is InChI=1S/C15H25NO/c1-15(2,3)14(11-16)9-10-17-12-13-7-5-4-6-8-13/h4-8,14H,9-12,16H2,1-3H3. The molecule has 0 aliphatic heterocycles. The van der Waals surface area contributed by atoms with Crippen LogP contribution in [0.4, 0.5) is 0 Å². The Balaban J connectivity index is 2.24. The summed E-state index contributed by atoms with van der Waals surface area (Å²) in [6.07, 6.45) is 1.03. The zero-order valence-corrected chi connectivity index (χ0v) is 11.3. The Morgan fingerprint density at radius 1 is 1.18 bits per heavy atom. The number of ether oxygens (including phenoxy) is 1. The topological polar surface area (TPSA) is 35.2 Å². The maximum Gasteiger partial charge on any atom is 0.0716 e. The summed E-state index contributed by atoms with van der Waals surface area (Å²) in [7, 11) is 0. The SMILES string of the molecule is CC(C)(C)C(CN)CCOCc1ccccc1. The maximum atomic E-state index is 5.80. The van der Waals surface area contributed by atoms with E-state index in [0.29, 0.717) is 12.5 Å². The Bertz CT molecular complexity index is 302. The minimum absolute atomic E-state index is 0.269. The predicted molar refractivity (Wildman–Crippen MR) is 72.7 cm³/mol. The quantitative estimate of drug-likeness (QED) is 0.768. The number of benzene rings is 1. The summed E-state index contributed by atoms with van der Waals surface area (Å²) < 4.78 is 5.69. The lowest BCUT2D eigenvalue weighted by atomic mass is 9.79. The van der Waals surface area contributed by atoms with Crippen LogP contribution >= 0.6 is 0 Å². The second-order valence-electron chi connectivity index (χ2n) is 5.63. The normalized spacial score (nSPS) is 13.6. The molecule has 0 amide bonds. The fraction of sp³-hybridized carbons (Fsp3) is 0.600. The first kappa shape index (κ1) is 14.2. The second-order valence-corrected chi connectivity index (χ2v) is 5.63. The molecule has 0 aliphatic rings. The first-order chi connectivity index (χ1) is 8.04. The van der Waals surface area contributed by atoms with Crippen molar-refractivity contribution in [3.8, 4) is 0 Å². The van der Waals surface area contributed by atoms with Crippen molar-refractivity contribution in [1.29, 1.82) is 0 Å². The maximum absolute atomic E-state index is 5.80. The number of rotatable bonds is 6. The molecular weight excluding hydrogens is 210 g/mol. The molecule has 1 aromatic rings. The van der Waals surface area contributed by atoms with Gasteiger partial charge in [0.2, 0.25) is 0 Å². The Morgan fingerprint density at radius 2 is 1.82 bits per heavy atom. The Hall–Kier alpha value is -0.860. The molecule has 2 N–H and O–H groups in total. The van der Waals surface area contributed by atoms with Crippen molar-refractivity contribution >= 4 is 0 Å². The van der Waals surface area contributed by atoms with Crippen molar-refractivity contribution in [2.45, 2.75) is 33.8 Å². The van der Waals surface area contributed by atoms with E-state index in [4.69, 9.17) is 10.5 Å². The Labute approximate surface area is 105 Å². The van der Waals surface area contributed by atoms with Crippen molar-refractivity contribution < 1.29 is 4.74 Å². The summed E-state index contributed by atoms with van der Waals surface area (Å²) in [4.78, 5) is 0. The molecule has 0 radical (unpaired) electrons. The van der Waals surface area contributed by atoms with Gasteiger partial charge in [-0.2, -0.15) is 0 Å². The fourth-order valence-corrected chi connectivity index (χ4v) is 1.89. The molecule has 1 unspecified atom stereocenters. The zero-order valence-electron chi connectivity index (χ0n) is 11.3. The predicted octanol–water partition coefficient (Wildman–Crippen LogP) is 3.21. The number of hydrogen-bond acceptors (Lipinski definition) is 2. The molecule has 1 atom stereocenters. The molecule has 2 nitrogen and oxygen atoms in total. The van der Waals surface area contributed by atoms with Gasteiger partial charge in [0.05, 0.1) is 6.61 Å². The molecule has 1 aromatic carbocycles. The van der Waals surface area contributed by atoms with Crippen LogP contribution in [0.25, 0.3) is 0 Å². The van der Waals surface area contributed by atoms with Crippen LogP contribution in [0, 0.1) is 11.3 Å². The van der Waals surface area contributed by atoms with Crippen molar-refractivity contribution in [3.05, 3.63) is 35.9 Å². The number of nitrogens with two attached hydrogens (primary N) is 1. The lowest BCUT2D eigenvalue weighted by molar-refractivity contribution is 0.0887. The molecule has 0 saturated heterocycles. The number of hydrogen-bond donors (Lipinski definition) is 1. The summed E-state index contributed by atoms with van der Waals surface area (Å²) in [6.45, 7) is 8.93. The summed E-state index contributed by atoms with van der Waals surface area (Å²) >= 11 is 0. The van der Waals surface area contributed by atoms with Gasteiger partial charge in [-0.1, -0.05) is 51.1 Å². The van der Waals surface area contributed by atoms with Gasteiger partial charge in [-0.25, -0.2) is 0 Å². The van der Waals surface area contributed by atoms with Crippen LogP contribution in [0.2, 0.25) is 0 Å². The first-order valence-electron chi connectivity index (χ1n) is 6.36. The van der Waals surface area contributed by atoms with Gasteiger partial charge in [0.15, 0.2) is 0 Å². The average molecular weight is 235 g/mol. The smallest absolute Gasteiger partial charge is 0.0716 e. The van der Waals surface area contributed by atoms with Crippen LogP contribution in [0.5, 0.6) is 0 Å². The summed E-state index contributed by atoms with van der Waals surface area (Å²) in [6, 6.07) is 10.3. The van der Waals surface area contributed by atoms with Crippen molar-refractivity contribution in [1.82, 2.24) is 0 Å². The Kier molecular flexibility index (Phi) is 5.66. The van der Waals surface area contributed by atoms with E-state index < -0.39 is 0 Å². The minimum atomic E-state index is 0.269. The highest BCUT2D eigenvalue weighted by Gasteiger charge is 2.22. The lowest BCUT2D eigenvalue weighted by Gasteiger charge is -2.29. The molecule has 2 heteroatoms. The van der Waals surface area contributed by atoms with Gasteiger partial charge >= 0.3 is 0 Å². The van der Waals surface area contributed by atoms with Gasteiger partial charge in [-0.05, 0) is 29.9 Å².